The van der Waals surface area contributed by atoms with Gasteiger partial charge >= 0.3 is 0 Å². The van der Waals surface area contributed by atoms with Gasteiger partial charge in [-0.2, -0.15) is 0 Å². The van der Waals surface area contributed by atoms with E-state index in [1.807, 2.05) is 60.7 Å². The first kappa shape index (κ1) is 15.1. The van der Waals surface area contributed by atoms with Gasteiger partial charge in [-0.3, -0.25) is 0 Å². The molecule has 0 aromatic heterocycles. The molecule has 0 spiro atoms. The molecule has 0 aliphatic carbocycles. The van der Waals surface area contributed by atoms with Crippen molar-refractivity contribution >= 4 is 0 Å². The van der Waals surface area contributed by atoms with Gasteiger partial charge in [0.1, 0.15) is 17.6 Å². The average molecular weight is 306 g/mol. The molecule has 3 nitrogen and oxygen atoms in total. The Bertz CT molecular complexity index is 724. The molecular weight excluding hydrogens is 288 g/mol. The molecule has 0 fully saturated rings. The van der Waals surface area contributed by atoms with Gasteiger partial charge in [0.2, 0.25) is 0 Å². The molecule has 0 radical (unpaired) electrons. The lowest BCUT2D eigenvalue weighted by Gasteiger charge is -2.25. The maximum absolute atomic E-state index is 10.8. The predicted molar refractivity (Wildman–Crippen MR) is 89.3 cm³/mol. The van der Waals surface area contributed by atoms with E-state index < -0.39 is 12.2 Å². The van der Waals surface area contributed by atoms with E-state index in [1.54, 1.807) is 24.3 Å². The van der Waals surface area contributed by atoms with Crippen molar-refractivity contribution in [2.45, 2.75) is 12.2 Å². The van der Waals surface area contributed by atoms with Crippen LogP contribution in [-0.4, -0.2) is 10.2 Å². The number of hydrogen-bond donors (Lipinski definition) is 2. The molecule has 0 bridgehead atoms. The van der Waals surface area contributed by atoms with E-state index in [-0.39, 0.29) is 5.75 Å². The number of phenolic OH excluding ortho intramolecular Hbond substituents is 1. The fourth-order valence-corrected chi connectivity index (χ4v) is 2.45. The fraction of sp³-hybridized carbons (Fsp3) is 0.100. The number of hydrogen-bond acceptors (Lipinski definition) is 3. The summed E-state index contributed by atoms with van der Waals surface area (Å²) in [5.41, 5.74) is 1.68. The molecule has 2 N–H and O–H groups in total. The molecule has 0 aliphatic rings. The van der Waals surface area contributed by atoms with Crippen LogP contribution in [0.25, 0.3) is 0 Å². The van der Waals surface area contributed by atoms with Crippen molar-refractivity contribution in [3.63, 3.8) is 0 Å². The second-order valence-corrected chi connectivity index (χ2v) is 5.30. The van der Waals surface area contributed by atoms with Crippen LogP contribution in [0.4, 0.5) is 0 Å². The van der Waals surface area contributed by atoms with Crippen molar-refractivity contribution in [1.82, 2.24) is 0 Å². The average Bonchev–Trinajstić information content (AvgIpc) is 2.62. The van der Waals surface area contributed by atoms with E-state index in [4.69, 9.17) is 4.74 Å². The quantitative estimate of drug-likeness (QED) is 0.741. The summed E-state index contributed by atoms with van der Waals surface area (Å²) in [6.07, 6.45) is -1.34. The van der Waals surface area contributed by atoms with Crippen LogP contribution < -0.4 is 4.74 Å². The lowest BCUT2D eigenvalue weighted by molar-refractivity contribution is 0.0343. The molecule has 3 aromatic rings. The van der Waals surface area contributed by atoms with E-state index >= 15 is 0 Å². The Hall–Kier alpha value is -2.78. The number of phenols is 1. The van der Waals surface area contributed by atoms with Gasteiger partial charge in [-0.1, -0.05) is 60.7 Å². The van der Waals surface area contributed by atoms with E-state index in [2.05, 4.69) is 0 Å². The first-order chi connectivity index (χ1) is 11.2. The standard InChI is InChI=1S/C20H18O3/c21-17-11-13-18(14-12-17)23-20(16-9-5-2-6-10-16)19(22)15-7-3-1-4-8-15/h1-14,19-22H/t19-,20-/m0/s1. The molecule has 116 valence electrons. The molecule has 3 aromatic carbocycles. The van der Waals surface area contributed by atoms with E-state index in [1.165, 1.54) is 0 Å². The van der Waals surface area contributed by atoms with Crippen molar-refractivity contribution in [1.29, 1.82) is 0 Å². The Morgan fingerprint density at radius 1 is 0.652 bits per heavy atom. The van der Waals surface area contributed by atoms with Gasteiger partial charge < -0.3 is 14.9 Å². The van der Waals surface area contributed by atoms with Gasteiger partial charge in [-0.25, -0.2) is 0 Å². The smallest absolute Gasteiger partial charge is 0.154 e. The lowest BCUT2D eigenvalue weighted by atomic mass is 9.98. The van der Waals surface area contributed by atoms with Crippen LogP contribution in [0.3, 0.4) is 0 Å². The zero-order chi connectivity index (χ0) is 16.1. The Balaban J connectivity index is 1.92. The fourth-order valence-electron chi connectivity index (χ4n) is 2.45. The molecule has 3 heteroatoms. The minimum Gasteiger partial charge on any atom is -0.508 e. The van der Waals surface area contributed by atoms with Gasteiger partial charge in [-0.15, -0.1) is 0 Å². The van der Waals surface area contributed by atoms with Crippen LogP contribution in [0, 0.1) is 0 Å². The molecular formula is C20H18O3. The van der Waals surface area contributed by atoms with Crippen LogP contribution in [0.1, 0.15) is 23.3 Å². The number of ether oxygens (including phenoxy) is 1. The first-order valence-electron chi connectivity index (χ1n) is 7.48. The highest BCUT2D eigenvalue weighted by molar-refractivity contribution is 5.32. The van der Waals surface area contributed by atoms with Crippen molar-refractivity contribution in [2.75, 3.05) is 0 Å². The Kier molecular flexibility index (Phi) is 4.60. The van der Waals surface area contributed by atoms with Crippen molar-refractivity contribution in [3.8, 4) is 11.5 Å². The summed E-state index contributed by atoms with van der Waals surface area (Å²) in [5, 5.41) is 20.2. The van der Waals surface area contributed by atoms with Gasteiger partial charge in [0.05, 0.1) is 0 Å². The summed E-state index contributed by atoms with van der Waals surface area (Å²) in [6.45, 7) is 0. The van der Waals surface area contributed by atoms with Crippen LogP contribution >= 0.6 is 0 Å². The summed E-state index contributed by atoms with van der Waals surface area (Å²) in [7, 11) is 0. The minimum absolute atomic E-state index is 0.178. The summed E-state index contributed by atoms with van der Waals surface area (Å²) >= 11 is 0. The highest BCUT2D eigenvalue weighted by Gasteiger charge is 2.24. The normalized spacial score (nSPS) is 13.3. The Morgan fingerprint density at radius 3 is 1.74 bits per heavy atom. The Labute approximate surface area is 135 Å². The zero-order valence-corrected chi connectivity index (χ0v) is 12.5. The molecule has 0 heterocycles. The largest absolute Gasteiger partial charge is 0.508 e. The number of benzene rings is 3. The first-order valence-corrected chi connectivity index (χ1v) is 7.48. The molecule has 23 heavy (non-hydrogen) atoms. The third-order valence-corrected chi connectivity index (χ3v) is 3.66. The Morgan fingerprint density at radius 2 is 1.17 bits per heavy atom. The van der Waals surface area contributed by atoms with Crippen molar-refractivity contribution < 1.29 is 14.9 Å². The van der Waals surface area contributed by atoms with Gasteiger partial charge in [0.15, 0.2) is 6.10 Å². The molecule has 2 atom stereocenters. The second kappa shape index (κ2) is 6.99. The second-order valence-electron chi connectivity index (χ2n) is 5.30. The topological polar surface area (TPSA) is 49.7 Å². The number of aliphatic hydroxyl groups excluding tert-OH is 1. The van der Waals surface area contributed by atoms with Crippen molar-refractivity contribution in [2.24, 2.45) is 0 Å². The molecule has 0 saturated heterocycles. The van der Waals surface area contributed by atoms with Crippen molar-refractivity contribution in [3.05, 3.63) is 96.1 Å². The number of rotatable bonds is 5. The summed E-state index contributed by atoms with van der Waals surface area (Å²) in [5.74, 6) is 0.767. The molecule has 0 aliphatic heterocycles. The van der Waals surface area contributed by atoms with Crippen LogP contribution in [0.15, 0.2) is 84.9 Å². The maximum atomic E-state index is 10.8. The molecule has 0 saturated carbocycles. The molecule has 0 amide bonds. The highest BCUT2D eigenvalue weighted by Crippen LogP contribution is 2.33. The number of aromatic hydroxyl groups is 1. The summed E-state index contributed by atoms with van der Waals surface area (Å²) in [4.78, 5) is 0. The van der Waals surface area contributed by atoms with Gasteiger partial charge in [0, 0.05) is 0 Å². The predicted octanol–water partition coefficient (Wildman–Crippen LogP) is 4.25. The van der Waals surface area contributed by atoms with E-state index in [9.17, 15) is 10.2 Å². The van der Waals surface area contributed by atoms with Gasteiger partial charge in [-0.05, 0) is 35.4 Å². The maximum Gasteiger partial charge on any atom is 0.154 e. The SMILES string of the molecule is Oc1ccc(O[C@@H](c2ccccc2)[C@@H](O)c2ccccc2)cc1. The third-order valence-electron chi connectivity index (χ3n) is 3.66. The molecule has 0 unspecified atom stereocenters. The summed E-state index contributed by atoms with van der Waals surface area (Å²) in [6, 6.07) is 25.5. The summed E-state index contributed by atoms with van der Waals surface area (Å²) < 4.78 is 6.01. The third kappa shape index (κ3) is 3.71. The monoisotopic (exact) mass is 306 g/mol. The lowest BCUT2D eigenvalue weighted by Crippen LogP contribution is -2.17. The molecule has 3 rings (SSSR count). The van der Waals surface area contributed by atoms with E-state index in [0.717, 1.165) is 11.1 Å². The van der Waals surface area contributed by atoms with Crippen LogP contribution in [0.2, 0.25) is 0 Å². The number of aliphatic hydroxyl groups is 1. The minimum atomic E-state index is -0.799. The van der Waals surface area contributed by atoms with E-state index in [0.29, 0.717) is 5.75 Å². The van der Waals surface area contributed by atoms with Crippen LogP contribution in [0.5, 0.6) is 11.5 Å². The van der Waals surface area contributed by atoms with Crippen LogP contribution in [-0.2, 0) is 0 Å². The highest BCUT2D eigenvalue weighted by atomic mass is 16.5. The van der Waals surface area contributed by atoms with Gasteiger partial charge in [0.25, 0.3) is 0 Å². The zero-order valence-electron chi connectivity index (χ0n) is 12.5.